The fourth-order valence-corrected chi connectivity index (χ4v) is 5.66. The van der Waals surface area contributed by atoms with E-state index in [0.29, 0.717) is 17.3 Å². The van der Waals surface area contributed by atoms with Gasteiger partial charge in [-0.3, -0.25) is 0 Å². The van der Waals surface area contributed by atoms with Gasteiger partial charge in [0.2, 0.25) is 0 Å². The Bertz CT molecular complexity index is 527. The van der Waals surface area contributed by atoms with E-state index in [1.54, 1.807) is 0 Å². The second-order valence-electron chi connectivity index (χ2n) is 7.58. The maximum atomic E-state index is 5.14. The van der Waals surface area contributed by atoms with Crippen molar-refractivity contribution in [3.05, 3.63) is 11.4 Å². The van der Waals surface area contributed by atoms with Gasteiger partial charge in [0.05, 0.1) is 11.4 Å². The fourth-order valence-electron chi connectivity index (χ4n) is 4.78. The molecule has 1 aromatic rings. The first-order valence-electron chi connectivity index (χ1n) is 7.96. The van der Waals surface area contributed by atoms with Gasteiger partial charge >= 0.3 is 0 Å². The molecule has 110 valence electrons. The molecule has 5 heteroatoms. The molecule has 0 spiro atoms. The Morgan fingerprint density at radius 3 is 2.55 bits per heavy atom. The number of rotatable bonds is 2. The van der Waals surface area contributed by atoms with Crippen molar-refractivity contribution in [2.75, 3.05) is 0 Å². The van der Waals surface area contributed by atoms with Crippen molar-refractivity contribution in [2.24, 2.45) is 11.8 Å². The number of nitrogens with zero attached hydrogens (tertiary/aromatic N) is 3. The molecule has 0 saturated heterocycles. The van der Waals surface area contributed by atoms with E-state index in [2.05, 4.69) is 50.5 Å². The van der Waals surface area contributed by atoms with Gasteiger partial charge in [-0.2, -0.15) is 12.6 Å². The van der Waals surface area contributed by atoms with E-state index >= 15 is 0 Å². The molecule has 2 aliphatic carbocycles. The molecule has 1 heterocycles. The van der Waals surface area contributed by atoms with Crippen LogP contribution >= 0.6 is 12.6 Å². The van der Waals surface area contributed by atoms with Gasteiger partial charge in [-0.05, 0) is 56.7 Å². The number of aromatic nitrogens is 3. The predicted octanol–water partition coefficient (Wildman–Crippen LogP) is 2.48. The minimum absolute atomic E-state index is 0.213. The van der Waals surface area contributed by atoms with Crippen LogP contribution in [0.2, 0.25) is 5.31 Å². The maximum Gasteiger partial charge on any atom is 0.111 e. The smallest absolute Gasteiger partial charge is 0.111 e. The van der Waals surface area contributed by atoms with Crippen molar-refractivity contribution >= 4 is 20.5 Å². The van der Waals surface area contributed by atoms with Crippen molar-refractivity contribution < 1.29 is 0 Å². The van der Waals surface area contributed by atoms with E-state index in [9.17, 15) is 0 Å². The first-order chi connectivity index (χ1) is 9.31. The van der Waals surface area contributed by atoms with Crippen LogP contribution in [-0.2, 0) is 12.8 Å². The summed E-state index contributed by atoms with van der Waals surface area (Å²) in [7, 11) is 2.43. The first-order valence-corrected chi connectivity index (χ1v) is 8.41. The van der Waals surface area contributed by atoms with Crippen molar-refractivity contribution in [1.29, 1.82) is 0 Å². The molecule has 0 aromatic carbocycles. The topological polar surface area (TPSA) is 30.7 Å². The summed E-state index contributed by atoms with van der Waals surface area (Å²) < 4.78 is 2.33. The van der Waals surface area contributed by atoms with Crippen molar-refractivity contribution in [1.82, 2.24) is 15.0 Å². The van der Waals surface area contributed by atoms with Gasteiger partial charge in [-0.1, -0.05) is 19.1 Å². The Balaban J connectivity index is 1.91. The number of aryl methyl sites for hydroxylation is 1. The Hall–Kier alpha value is -0.445. The molecule has 0 radical (unpaired) electrons. The van der Waals surface area contributed by atoms with Crippen LogP contribution in [0.3, 0.4) is 0 Å². The highest BCUT2D eigenvalue weighted by molar-refractivity contribution is 7.82. The normalized spacial score (nSPS) is 36.5. The average molecular weight is 291 g/mol. The first kappa shape index (κ1) is 14.5. The van der Waals surface area contributed by atoms with Crippen LogP contribution in [0.15, 0.2) is 0 Å². The largest absolute Gasteiger partial charge is 0.247 e. The molecule has 2 aliphatic rings. The summed E-state index contributed by atoms with van der Waals surface area (Å²) in [6.07, 6.45) is 4.48. The van der Waals surface area contributed by atoms with Gasteiger partial charge in [-0.15, -0.1) is 5.10 Å². The Kier molecular flexibility index (Phi) is 3.28. The lowest BCUT2D eigenvalue weighted by molar-refractivity contribution is 0.480. The van der Waals surface area contributed by atoms with Crippen LogP contribution in [0.1, 0.15) is 58.0 Å². The van der Waals surface area contributed by atoms with Gasteiger partial charge in [0.25, 0.3) is 0 Å². The zero-order valence-electron chi connectivity index (χ0n) is 13.3. The summed E-state index contributed by atoms with van der Waals surface area (Å²) in [6.45, 7) is 9.06. The zero-order chi connectivity index (χ0) is 14.7. The van der Waals surface area contributed by atoms with Crippen molar-refractivity contribution in [2.45, 2.75) is 69.5 Å². The number of hydrogen-bond donors (Lipinski definition) is 1. The molecule has 0 aliphatic heterocycles. The molecule has 0 bridgehead atoms. The Morgan fingerprint density at radius 1 is 1.25 bits per heavy atom. The van der Waals surface area contributed by atoms with Gasteiger partial charge in [0.1, 0.15) is 7.85 Å². The van der Waals surface area contributed by atoms with Crippen LogP contribution in [0.25, 0.3) is 0 Å². The van der Waals surface area contributed by atoms with Crippen LogP contribution < -0.4 is 0 Å². The Morgan fingerprint density at radius 2 is 1.95 bits per heavy atom. The number of fused-ring (bicyclic) bond motifs is 2. The fraction of sp³-hybridized carbons (Fsp3) is 0.867. The average Bonchev–Trinajstić information content (AvgIpc) is 2.69. The quantitative estimate of drug-likeness (QED) is 0.670. The molecule has 3 rings (SSSR count). The monoisotopic (exact) mass is 291 g/mol. The molecule has 3 unspecified atom stereocenters. The van der Waals surface area contributed by atoms with E-state index in [4.69, 9.17) is 12.6 Å². The van der Waals surface area contributed by atoms with Gasteiger partial charge in [0.15, 0.2) is 0 Å². The molecule has 1 aromatic heterocycles. The third-order valence-electron chi connectivity index (χ3n) is 5.76. The lowest BCUT2D eigenvalue weighted by atomic mass is 9.72. The Labute approximate surface area is 128 Å². The van der Waals surface area contributed by atoms with E-state index < -0.39 is 0 Å². The highest BCUT2D eigenvalue weighted by Crippen LogP contribution is 2.76. The van der Waals surface area contributed by atoms with Gasteiger partial charge < -0.3 is 0 Å². The molecule has 3 atom stereocenters. The third-order valence-corrected chi connectivity index (χ3v) is 6.77. The molecule has 1 fully saturated rings. The van der Waals surface area contributed by atoms with Crippen LogP contribution in [0, 0.1) is 11.8 Å². The van der Waals surface area contributed by atoms with Gasteiger partial charge in [0, 0.05) is 10.8 Å². The lowest BCUT2D eigenvalue weighted by Gasteiger charge is -2.21. The lowest BCUT2D eigenvalue weighted by Crippen LogP contribution is -2.18. The number of hydrogen-bond acceptors (Lipinski definition) is 3. The second-order valence-corrected chi connectivity index (χ2v) is 8.38. The summed E-state index contributed by atoms with van der Waals surface area (Å²) in [4.78, 5) is 0. The predicted molar refractivity (Wildman–Crippen MR) is 88.3 cm³/mol. The minimum Gasteiger partial charge on any atom is -0.247 e. The standard InChI is InChI=1S/C15H26BN3S/c1-9(2)13-14(16)7-5-11-12(6-8-15(13,14)20)19(10(3)4)18-17-11/h9-10,13,20H,5-8,16H2,1-4H3. The molecular formula is C15H26BN3S. The summed E-state index contributed by atoms with van der Waals surface area (Å²) in [6, 6.07) is 0.396. The van der Waals surface area contributed by atoms with E-state index in [-0.39, 0.29) is 4.75 Å². The van der Waals surface area contributed by atoms with Crippen LogP contribution in [-0.4, -0.2) is 27.6 Å². The van der Waals surface area contributed by atoms with E-state index in [1.807, 2.05) is 0 Å². The van der Waals surface area contributed by atoms with E-state index in [0.717, 1.165) is 25.2 Å². The molecule has 0 N–H and O–H groups in total. The SMILES string of the molecule is BC12CCc3nnn(C(C)C)c3CCC1(S)C2C(C)C. The van der Waals surface area contributed by atoms with E-state index in [1.165, 1.54) is 17.8 Å². The molecule has 1 saturated carbocycles. The minimum atomic E-state index is 0.213. The highest BCUT2D eigenvalue weighted by atomic mass is 32.1. The summed E-state index contributed by atoms with van der Waals surface area (Å²) >= 11 is 5.14. The van der Waals surface area contributed by atoms with Crippen molar-refractivity contribution in [3.63, 3.8) is 0 Å². The third kappa shape index (κ3) is 1.81. The molecule has 0 amide bonds. The molecule has 20 heavy (non-hydrogen) atoms. The summed E-state index contributed by atoms with van der Waals surface area (Å²) in [5, 5.41) is 9.18. The van der Waals surface area contributed by atoms with Crippen LogP contribution in [0.4, 0.5) is 0 Å². The summed E-state index contributed by atoms with van der Waals surface area (Å²) in [5.74, 6) is 1.45. The zero-order valence-corrected chi connectivity index (χ0v) is 14.2. The van der Waals surface area contributed by atoms with Gasteiger partial charge in [-0.25, -0.2) is 4.68 Å². The van der Waals surface area contributed by atoms with Crippen LogP contribution in [0.5, 0.6) is 0 Å². The summed E-state index contributed by atoms with van der Waals surface area (Å²) in [5.41, 5.74) is 2.58. The maximum absolute atomic E-state index is 5.14. The number of thiol groups is 1. The highest BCUT2D eigenvalue weighted by Gasteiger charge is 2.70. The molecule has 3 nitrogen and oxygen atoms in total. The second kappa shape index (κ2) is 4.52. The molecular weight excluding hydrogens is 265 g/mol. The van der Waals surface area contributed by atoms with Crippen molar-refractivity contribution in [3.8, 4) is 0 Å².